The number of amides is 1. The lowest BCUT2D eigenvalue weighted by molar-refractivity contribution is -0.113. The lowest BCUT2D eigenvalue weighted by Crippen LogP contribution is -2.16. The monoisotopic (exact) mass is 451 g/mol. The Morgan fingerprint density at radius 3 is 2.53 bits per heavy atom. The number of rotatable bonds is 9. The van der Waals surface area contributed by atoms with Crippen LogP contribution in [0.15, 0.2) is 53.7 Å². The zero-order valence-corrected chi connectivity index (χ0v) is 19.2. The van der Waals surface area contributed by atoms with Gasteiger partial charge in [0.05, 0.1) is 24.5 Å². The molecule has 1 N–H and O–H groups in total. The molecule has 1 aromatic heterocycles. The number of ether oxygens (including phenoxy) is 2. The molecule has 0 spiro atoms. The summed E-state index contributed by atoms with van der Waals surface area (Å²) in [5, 5.41) is 21.0. The highest BCUT2D eigenvalue weighted by Crippen LogP contribution is 2.29. The van der Waals surface area contributed by atoms with Crippen LogP contribution in [0.4, 0.5) is 5.69 Å². The molecule has 0 fully saturated rings. The van der Waals surface area contributed by atoms with Crippen molar-refractivity contribution in [3.05, 3.63) is 59.9 Å². The summed E-state index contributed by atoms with van der Waals surface area (Å²) >= 11 is 1.31. The van der Waals surface area contributed by atoms with Crippen LogP contribution >= 0.6 is 11.8 Å². The van der Waals surface area contributed by atoms with Gasteiger partial charge in [0.1, 0.15) is 11.5 Å². The van der Waals surface area contributed by atoms with Crippen LogP contribution in [0.5, 0.6) is 11.5 Å². The summed E-state index contributed by atoms with van der Waals surface area (Å²) < 4.78 is 13.3. The largest absolute Gasteiger partial charge is 0.497 e. The SMILES string of the molecule is COc1cccc(OC(C)c2nnc(SCC(=O)Nc3ccc(C#N)cc3)n2C(C)C)c1. The molecular formula is C23H25N5O3S. The Morgan fingerprint density at radius 1 is 1.16 bits per heavy atom. The first kappa shape index (κ1) is 23.2. The maximum Gasteiger partial charge on any atom is 0.234 e. The lowest BCUT2D eigenvalue weighted by Gasteiger charge is -2.19. The van der Waals surface area contributed by atoms with Crippen LogP contribution in [0, 0.1) is 11.3 Å². The highest BCUT2D eigenvalue weighted by molar-refractivity contribution is 7.99. The van der Waals surface area contributed by atoms with Gasteiger partial charge in [-0.15, -0.1) is 10.2 Å². The molecule has 166 valence electrons. The number of aromatic nitrogens is 3. The lowest BCUT2D eigenvalue weighted by atomic mass is 10.2. The number of benzene rings is 2. The molecule has 3 aromatic rings. The normalized spacial score (nSPS) is 11.6. The number of carbonyl (C=O) groups is 1. The maximum absolute atomic E-state index is 12.4. The third kappa shape index (κ3) is 5.80. The van der Waals surface area contributed by atoms with Crippen molar-refractivity contribution in [2.75, 3.05) is 18.2 Å². The molecule has 1 unspecified atom stereocenters. The van der Waals surface area contributed by atoms with Gasteiger partial charge in [-0.25, -0.2) is 0 Å². The molecule has 0 aliphatic rings. The Labute approximate surface area is 191 Å². The van der Waals surface area contributed by atoms with Gasteiger partial charge in [-0.05, 0) is 57.2 Å². The summed E-state index contributed by atoms with van der Waals surface area (Å²) in [7, 11) is 1.61. The summed E-state index contributed by atoms with van der Waals surface area (Å²) in [6.07, 6.45) is -0.348. The van der Waals surface area contributed by atoms with E-state index in [0.717, 1.165) is 0 Å². The predicted molar refractivity (Wildman–Crippen MR) is 123 cm³/mol. The fraction of sp³-hybridized carbons (Fsp3) is 0.304. The minimum absolute atomic E-state index is 0.0837. The number of methoxy groups -OCH3 is 1. The molecular weight excluding hydrogens is 426 g/mol. The molecule has 2 aromatic carbocycles. The second-order valence-corrected chi connectivity index (χ2v) is 8.21. The molecule has 0 saturated carbocycles. The predicted octanol–water partition coefficient (Wildman–Crippen LogP) is 4.61. The van der Waals surface area contributed by atoms with E-state index >= 15 is 0 Å². The number of carbonyl (C=O) groups excluding carboxylic acids is 1. The van der Waals surface area contributed by atoms with Gasteiger partial charge in [-0.1, -0.05) is 17.8 Å². The van der Waals surface area contributed by atoms with Crippen LogP contribution in [0.25, 0.3) is 0 Å². The van der Waals surface area contributed by atoms with Gasteiger partial charge in [0.2, 0.25) is 5.91 Å². The molecule has 1 amide bonds. The van der Waals surface area contributed by atoms with E-state index in [0.29, 0.717) is 33.7 Å². The fourth-order valence-corrected chi connectivity index (χ4v) is 3.91. The van der Waals surface area contributed by atoms with Crippen molar-refractivity contribution < 1.29 is 14.3 Å². The Bertz CT molecular complexity index is 1110. The van der Waals surface area contributed by atoms with Crippen molar-refractivity contribution in [1.29, 1.82) is 5.26 Å². The van der Waals surface area contributed by atoms with Crippen LogP contribution in [0.1, 0.15) is 44.3 Å². The first-order valence-electron chi connectivity index (χ1n) is 10.1. The molecule has 1 atom stereocenters. The van der Waals surface area contributed by atoms with E-state index in [9.17, 15) is 4.79 Å². The summed E-state index contributed by atoms with van der Waals surface area (Å²) in [5.74, 6) is 2.07. The van der Waals surface area contributed by atoms with Crippen molar-refractivity contribution >= 4 is 23.4 Å². The first-order valence-corrected chi connectivity index (χ1v) is 11.1. The van der Waals surface area contributed by atoms with Crippen molar-refractivity contribution in [2.45, 2.75) is 38.1 Å². The van der Waals surface area contributed by atoms with Crippen molar-refractivity contribution in [2.24, 2.45) is 0 Å². The Balaban J connectivity index is 1.67. The van der Waals surface area contributed by atoms with Gasteiger partial charge < -0.3 is 19.4 Å². The van der Waals surface area contributed by atoms with Crippen LogP contribution in [-0.2, 0) is 4.79 Å². The molecule has 3 rings (SSSR count). The fourth-order valence-electron chi connectivity index (χ4n) is 3.04. The number of nitrogens with one attached hydrogen (secondary N) is 1. The molecule has 0 radical (unpaired) electrons. The molecule has 0 aliphatic carbocycles. The molecule has 0 aliphatic heterocycles. The number of hydrogen-bond donors (Lipinski definition) is 1. The van der Waals surface area contributed by atoms with Crippen LogP contribution in [0.2, 0.25) is 0 Å². The van der Waals surface area contributed by atoms with Crippen LogP contribution < -0.4 is 14.8 Å². The summed E-state index contributed by atoms with van der Waals surface area (Å²) in [6, 6.07) is 16.3. The van der Waals surface area contributed by atoms with E-state index in [1.165, 1.54) is 11.8 Å². The molecule has 32 heavy (non-hydrogen) atoms. The zero-order valence-electron chi connectivity index (χ0n) is 18.4. The number of thioether (sulfide) groups is 1. The number of nitrogens with zero attached hydrogens (tertiary/aromatic N) is 4. The van der Waals surface area contributed by atoms with E-state index in [1.54, 1.807) is 31.4 Å². The Morgan fingerprint density at radius 2 is 1.88 bits per heavy atom. The highest BCUT2D eigenvalue weighted by Gasteiger charge is 2.22. The van der Waals surface area contributed by atoms with E-state index in [4.69, 9.17) is 14.7 Å². The van der Waals surface area contributed by atoms with Crippen LogP contribution in [0.3, 0.4) is 0 Å². The van der Waals surface area contributed by atoms with Crippen LogP contribution in [-0.4, -0.2) is 33.5 Å². The van der Waals surface area contributed by atoms with Crippen molar-refractivity contribution in [1.82, 2.24) is 14.8 Å². The second-order valence-electron chi connectivity index (χ2n) is 7.27. The van der Waals surface area contributed by atoms with Gasteiger partial charge in [0, 0.05) is 17.8 Å². The van der Waals surface area contributed by atoms with Crippen molar-refractivity contribution in [3.8, 4) is 17.6 Å². The topological polar surface area (TPSA) is 102 Å². The average molecular weight is 452 g/mol. The number of anilines is 1. The minimum atomic E-state index is -0.348. The minimum Gasteiger partial charge on any atom is -0.497 e. The van der Waals surface area contributed by atoms with Gasteiger partial charge in [0.25, 0.3) is 0 Å². The number of hydrogen-bond acceptors (Lipinski definition) is 7. The van der Waals surface area contributed by atoms with E-state index < -0.39 is 0 Å². The molecule has 8 nitrogen and oxygen atoms in total. The van der Waals surface area contributed by atoms with E-state index in [-0.39, 0.29) is 23.8 Å². The van der Waals surface area contributed by atoms with Gasteiger partial charge in [-0.2, -0.15) is 5.26 Å². The zero-order chi connectivity index (χ0) is 23.1. The standard InChI is InChI=1S/C23H25N5O3S/c1-15(2)28-22(16(3)31-20-7-5-6-19(12-20)30-4)26-27-23(28)32-14-21(29)25-18-10-8-17(13-24)9-11-18/h5-12,15-16H,14H2,1-4H3,(H,25,29). The second kappa shape index (κ2) is 10.7. The quantitative estimate of drug-likeness (QED) is 0.474. The van der Waals surface area contributed by atoms with Crippen molar-refractivity contribution in [3.63, 3.8) is 0 Å². The third-order valence-electron chi connectivity index (χ3n) is 4.56. The molecule has 9 heteroatoms. The Kier molecular flexibility index (Phi) is 7.73. The van der Waals surface area contributed by atoms with Gasteiger partial charge in [-0.3, -0.25) is 4.79 Å². The molecule has 0 bridgehead atoms. The highest BCUT2D eigenvalue weighted by atomic mass is 32.2. The van der Waals surface area contributed by atoms with Gasteiger partial charge >= 0.3 is 0 Å². The molecule has 1 heterocycles. The van der Waals surface area contributed by atoms with E-state index in [1.807, 2.05) is 49.6 Å². The maximum atomic E-state index is 12.4. The number of nitriles is 1. The van der Waals surface area contributed by atoms with Gasteiger partial charge in [0.15, 0.2) is 17.1 Å². The third-order valence-corrected chi connectivity index (χ3v) is 5.50. The average Bonchev–Trinajstić information content (AvgIpc) is 3.23. The molecule has 0 saturated heterocycles. The summed E-state index contributed by atoms with van der Waals surface area (Å²) in [4.78, 5) is 12.4. The summed E-state index contributed by atoms with van der Waals surface area (Å²) in [6.45, 7) is 5.98. The first-order chi connectivity index (χ1) is 15.4. The van der Waals surface area contributed by atoms with E-state index in [2.05, 4.69) is 21.6 Å². The summed E-state index contributed by atoms with van der Waals surface area (Å²) in [5.41, 5.74) is 1.18. The smallest absolute Gasteiger partial charge is 0.234 e. The Hall–Kier alpha value is -3.51.